The van der Waals surface area contributed by atoms with Crippen LogP contribution in [0.15, 0.2) is 67.0 Å². The van der Waals surface area contributed by atoms with Crippen LogP contribution in [-0.2, 0) is 17.8 Å². The SMILES string of the molecule is COCc1cccc(NC(=O)NCCc2cnn(-c3ccccc3)c2)c1. The van der Waals surface area contributed by atoms with Gasteiger partial charge in [-0.3, -0.25) is 0 Å². The highest BCUT2D eigenvalue weighted by Crippen LogP contribution is 2.11. The van der Waals surface area contributed by atoms with Crippen LogP contribution in [0.4, 0.5) is 10.5 Å². The number of rotatable bonds is 7. The average Bonchev–Trinajstić information content (AvgIpc) is 3.12. The second kappa shape index (κ2) is 8.82. The molecule has 0 saturated carbocycles. The molecule has 0 atom stereocenters. The maximum absolute atomic E-state index is 12.0. The minimum absolute atomic E-state index is 0.227. The number of methoxy groups -OCH3 is 1. The summed E-state index contributed by atoms with van der Waals surface area (Å²) in [6, 6.07) is 17.3. The fraction of sp³-hybridized carbons (Fsp3) is 0.200. The Morgan fingerprint density at radius 2 is 1.96 bits per heavy atom. The summed E-state index contributed by atoms with van der Waals surface area (Å²) >= 11 is 0. The zero-order valence-corrected chi connectivity index (χ0v) is 14.7. The first-order valence-electron chi connectivity index (χ1n) is 8.46. The summed E-state index contributed by atoms with van der Waals surface area (Å²) in [5, 5.41) is 10.0. The van der Waals surface area contributed by atoms with Crippen molar-refractivity contribution in [1.29, 1.82) is 0 Å². The number of benzene rings is 2. The average molecular weight is 350 g/mol. The van der Waals surface area contributed by atoms with Crippen LogP contribution in [0.3, 0.4) is 0 Å². The van der Waals surface area contributed by atoms with Crippen molar-refractivity contribution in [2.45, 2.75) is 13.0 Å². The molecule has 2 aromatic carbocycles. The topological polar surface area (TPSA) is 68.2 Å². The number of carbonyl (C=O) groups is 1. The number of hydrogen-bond acceptors (Lipinski definition) is 3. The number of ether oxygens (including phenoxy) is 1. The van der Waals surface area contributed by atoms with E-state index in [2.05, 4.69) is 15.7 Å². The van der Waals surface area contributed by atoms with Crippen LogP contribution in [0.2, 0.25) is 0 Å². The highest BCUT2D eigenvalue weighted by atomic mass is 16.5. The number of amides is 2. The molecule has 6 heteroatoms. The highest BCUT2D eigenvalue weighted by molar-refractivity contribution is 5.89. The van der Waals surface area contributed by atoms with E-state index in [0.29, 0.717) is 19.6 Å². The van der Waals surface area contributed by atoms with Crippen LogP contribution in [0.25, 0.3) is 5.69 Å². The molecule has 0 unspecified atom stereocenters. The fourth-order valence-corrected chi connectivity index (χ4v) is 2.61. The molecule has 0 fully saturated rings. The molecule has 26 heavy (non-hydrogen) atoms. The van der Waals surface area contributed by atoms with Crippen LogP contribution in [-0.4, -0.2) is 29.5 Å². The summed E-state index contributed by atoms with van der Waals surface area (Å²) < 4.78 is 6.93. The molecule has 2 N–H and O–H groups in total. The lowest BCUT2D eigenvalue weighted by atomic mass is 10.2. The van der Waals surface area contributed by atoms with E-state index in [1.165, 1.54) is 0 Å². The van der Waals surface area contributed by atoms with E-state index in [1.807, 2.05) is 71.7 Å². The van der Waals surface area contributed by atoms with Gasteiger partial charge in [0.1, 0.15) is 0 Å². The third-order valence-corrected chi connectivity index (χ3v) is 3.85. The number of para-hydroxylation sites is 1. The van der Waals surface area contributed by atoms with E-state index < -0.39 is 0 Å². The highest BCUT2D eigenvalue weighted by Gasteiger charge is 2.04. The van der Waals surface area contributed by atoms with Gasteiger partial charge < -0.3 is 15.4 Å². The van der Waals surface area contributed by atoms with Gasteiger partial charge in [-0.2, -0.15) is 5.10 Å². The summed E-state index contributed by atoms with van der Waals surface area (Å²) in [5.74, 6) is 0. The van der Waals surface area contributed by atoms with Crippen molar-refractivity contribution < 1.29 is 9.53 Å². The van der Waals surface area contributed by atoms with Crippen molar-refractivity contribution in [3.63, 3.8) is 0 Å². The predicted octanol–water partition coefficient (Wildman–Crippen LogP) is 3.38. The van der Waals surface area contributed by atoms with Crippen LogP contribution < -0.4 is 10.6 Å². The summed E-state index contributed by atoms with van der Waals surface area (Å²) in [5.41, 5.74) is 3.84. The Labute approximate surface area is 152 Å². The van der Waals surface area contributed by atoms with Gasteiger partial charge in [0.2, 0.25) is 0 Å². The van der Waals surface area contributed by atoms with Crippen LogP contribution in [0, 0.1) is 0 Å². The zero-order chi connectivity index (χ0) is 18.2. The predicted molar refractivity (Wildman–Crippen MR) is 101 cm³/mol. The van der Waals surface area contributed by atoms with Gasteiger partial charge >= 0.3 is 6.03 Å². The smallest absolute Gasteiger partial charge is 0.319 e. The molecule has 6 nitrogen and oxygen atoms in total. The van der Waals surface area contributed by atoms with E-state index in [0.717, 1.165) is 22.5 Å². The lowest BCUT2D eigenvalue weighted by Crippen LogP contribution is -2.30. The summed E-state index contributed by atoms with van der Waals surface area (Å²) in [6.07, 6.45) is 4.51. The van der Waals surface area contributed by atoms with Crippen molar-refractivity contribution in [3.8, 4) is 5.69 Å². The zero-order valence-electron chi connectivity index (χ0n) is 14.7. The van der Waals surface area contributed by atoms with Gasteiger partial charge in [0.15, 0.2) is 0 Å². The van der Waals surface area contributed by atoms with Gasteiger partial charge in [0, 0.05) is 25.5 Å². The monoisotopic (exact) mass is 350 g/mol. The Bertz CT molecular complexity index is 846. The summed E-state index contributed by atoms with van der Waals surface area (Å²) in [7, 11) is 1.65. The van der Waals surface area contributed by atoms with Crippen molar-refractivity contribution in [2.24, 2.45) is 0 Å². The maximum Gasteiger partial charge on any atom is 0.319 e. The molecule has 0 spiro atoms. The van der Waals surface area contributed by atoms with Crippen LogP contribution in [0.1, 0.15) is 11.1 Å². The van der Waals surface area contributed by atoms with E-state index in [1.54, 1.807) is 7.11 Å². The molecule has 134 valence electrons. The van der Waals surface area contributed by atoms with Crippen molar-refractivity contribution >= 4 is 11.7 Å². The fourth-order valence-electron chi connectivity index (χ4n) is 2.61. The molecule has 1 aromatic heterocycles. The first-order valence-corrected chi connectivity index (χ1v) is 8.46. The van der Waals surface area contributed by atoms with Crippen LogP contribution >= 0.6 is 0 Å². The standard InChI is InChI=1S/C20H22N4O2/c1-26-15-16-6-5-7-18(12-16)23-20(25)21-11-10-17-13-22-24(14-17)19-8-3-2-4-9-19/h2-9,12-14H,10-11,15H2,1H3,(H2,21,23,25). The Balaban J connectivity index is 1.47. The summed E-state index contributed by atoms with van der Waals surface area (Å²) in [6.45, 7) is 1.05. The molecule has 0 aliphatic heterocycles. The largest absolute Gasteiger partial charge is 0.380 e. The number of aromatic nitrogens is 2. The number of nitrogens with one attached hydrogen (secondary N) is 2. The van der Waals surface area contributed by atoms with Gasteiger partial charge in [0.25, 0.3) is 0 Å². The minimum Gasteiger partial charge on any atom is -0.380 e. The number of carbonyl (C=O) groups excluding carboxylic acids is 1. The van der Waals surface area contributed by atoms with Gasteiger partial charge in [-0.05, 0) is 41.8 Å². The van der Waals surface area contributed by atoms with E-state index >= 15 is 0 Å². The minimum atomic E-state index is -0.227. The number of nitrogens with zero attached hydrogens (tertiary/aromatic N) is 2. The molecule has 0 radical (unpaired) electrons. The van der Waals surface area contributed by atoms with Gasteiger partial charge in [-0.1, -0.05) is 30.3 Å². The number of urea groups is 1. The molecule has 0 bridgehead atoms. The number of anilines is 1. The van der Waals surface area contributed by atoms with Crippen molar-refractivity contribution in [1.82, 2.24) is 15.1 Å². The third kappa shape index (κ3) is 4.94. The van der Waals surface area contributed by atoms with E-state index in [-0.39, 0.29) is 6.03 Å². The maximum atomic E-state index is 12.0. The second-order valence-electron chi connectivity index (χ2n) is 5.89. The Morgan fingerprint density at radius 3 is 2.77 bits per heavy atom. The van der Waals surface area contributed by atoms with E-state index in [4.69, 9.17) is 4.74 Å². The molecule has 0 saturated heterocycles. The lowest BCUT2D eigenvalue weighted by Gasteiger charge is -2.08. The Kier molecular flexibility index (Phi) is 6.01. The van der Waals surface area contributed by atoms with Crippen LogP contribution in [0.5, 0.6) is 0 Å². The van der Waals surface area contributed by atoms with Gasteiger partial charge in [-0.15, -0.1) is 0 Å². The molecule has 2 amide bonds. The summed E-state index contributed by atoms with van der Waals surface area (Å²) in [4.78, 5) is 12.0. The first kappa shape index (κ1) is 17.7. The molecule has 1 heterocycles. The normalized spacial score (nSPS) is 10.5. The molecule has 0 aliphatic rings. The van der Waals surface area contributed by atoms with E-state index in [9.17, 15) is 4.79 Å². The Hall–Kier alpha value is -3.12. The Morgan fingerprint density at radius 1 is 1.12 bits per heavy atom. The number of hydrogen-bond donors (Lipinski definition) is 2. The molecule has 3 rings (SSSR count). The van der Waals surface area contributed by atoms with Crippen molar-refractivity contribution in [2.75, 3.05) is 19.0 Å². The molecular weight excluding hydrogens is 328 g/mol. The quantitative estimate of drug-likeness (QED) is 0.686. The molecule has 0 aliphatic carbocycles. The van der Waals surface area contributed by atoms with Gasteiger partial charge in [0.05, 0.1) is 18.5 Å². The van der Waals surface area contributed by atoms with Gasteiger partial charge in [-0.25, -0.2) is 9.48 Å². The third-order valence-electron chi connectivity index (χ3n) is 3.85. The lowest BCUT2D eigenvalue weighted by molar-refractivity contribution is 0.185. The molecule has 3 aromatic rings. The molecular formula is C20H22N4O2. The van der Waals surface area contributed by atoms with Crippen molar-refractivity contribution in [3.05, 3.63) is 78.1 Å². The second-order valence-corrected chi connectivity index (χ2v) is 5.89. The first-order chi connectivity index (χ1) is 12.7.